The molecule has 1 N–H and O–H groups in total. The molecular weight excluding hydrogens is 259 g/mol. The monoisotopic (exact) mass is 272 g/mol. The van der Waals surface area contributed by atoms with Gasteiger partial charge in [-0.3, -0.25) is 0 Å². The molecule has 15 heavy (non-hydrogen) atoms. The molecule has 0 heterocycles. The highest BCUT2D eigenvalue weighted by Crippen LogP contribution is 2.49. The van der Waals surface area contributed by atoms with Crippen molar-refractivity contribution in [2.24, 2.45) is 5.41 Å². The van der Waals surface area contributed by atoms with Gasteiger partial charge in [0, 0.05) is 4.47 Å². The van der Waals surface area contributed by atoms with Crippen LogP contribution in [0.15, 0.2) is 22.7 Å². The van der Waals surface area contributed by atoms with E-state index >= 15 is 0 Å². The first-order valence-corrected chi connectivity index (χ1v) is 5.92. The Kier molecular flexibility index (Phi) is 2.86. The van der Waals surface area contributed by atoms with Gasteiger partial charge in [-0.05, 0) is 42.4 Å². The average molecular weight is 273 g/mol. The van der Waals surface area contributed by atoms with Crippen molar-refractivity contribution < 1.29 is 9.50 Å². The molecule has 1 aliphatic rings. The predicted octanol–water partition coefficient (Wildman–Crippen LogP) is 3.29. The van der Waals surface area contributed by atoms with Crippen LogP contribution in [0.25, 0.3) is 0 Å². The second kappa shape index (κ2) is 3.87. The van der Waals surface area contributed by atoms with Crippen molar-refractivity contribution in [3.63, 3.8) is 0 Å². The molecule has 1 nitrogen and oxygen atoms in total. The first-order chi connectivity index (χ1) is 7.01. The number of hydrogen-bond acceptors (Lipinski definition) is 1. The molecule has 0 bridgehead atoms. The van der Waals surface area contributed by atoms with E-state index in [2.05, 4.69) is 22.9 Å². The smallest absolute Gasteiger partial charge is 0.124 e. The molecule has 1 aliphatic carbocycles. The van der Waals surface area contributed by atoms with E-state index in [-0.39, 0.29) is 17.3 Å². The number of hydrogen-bond donors (Lipinski definition) is 1. The summed E-state index contributed by atoms with van der Waals surface area (Å²) >= 11 is 3.31. The lowest BCUT2D eigenvalue weighted by Gasteiger charge is -2.18. The summed E-state index contributed by atoms with van der Waals surface area (Å²) in [6, 6.07) is 4.60. The van der Waals surface area contributed by atoms with Gasteiger partial charge < -0.3 is 5.11 Å². The van der Waals surface area contributed by atoms with Crippen LogP contribution in [-0.2, 0) is 6.42 Å². The van der Waals surface area contributed by atoms with Crippen molar-refractivity contribution in [2.45, 2.75) is 32.3 Å². The number of halogens is 2. The minimum atomic E-state index is -0.320. The third kappa shape index (κ3) is 2.40. The third-order valence-electron chi connectivity index (χ3n) is 3.27. The van der Waals surface area contributed by atoms with Crippen LogP contribution in [0.4, 0.5) is 4.39 Å². The lowest BCUT2D eigenvalue weighted by Crippen LogP contribution is -2.21. The summed E-state index contributed by atoms with van der Waals surface area (Å²) in [6.45, 7) is 2.09. The van der Waals surface area contributed by atoms with Gasteiger partial charge in [0.05, 0.1) is 6.10 Å². The molecule has 0 saturated heterocycles. The second-order valence-electron chi connectivity index (χ2n) is 4.61. The van der Waals surface area contributed by atoms with Gasteiger partial charge in [0.15, 0.2) is 0 Å². The number of benzene rings is 1. The number of aliphatic hydroxyl groups excluding tert-OH is 1. The van der Waals surface area contributed by atoms with E-state index in [9.17, 15) is 9.50 Å². The summed E-state index contributed by atoms with van der Waals surface area (Å²) in [4.78, 5) is 0. The molecule has 1 aromatic rings. The van der Waals surface area contributed by atoms with Crippen molar-refractivity contribution in [3.05, 3.63) is 34.1 Å². The van der Waals surface area contributed by atoms with Crippen LogP contribution in [0.5, 0.6) is 0 Å². The molecule has 82 valence electrons. The van der Waals surface area contributed by atoms with Crippen molar-refractivity contribution in [2.75, 3.05) is 0 Å². The minimum absolute atomic E-state index is 0.0911. The lowest BCUT2D eigenvalue weighted by atomic mass is 9.95. The highest BCUT2D eigenvalue weighted by molar-refractivity contribution is 9.10. The molecular formula is C12H14BrFO. The highest BCUT2D eigenvalue weighted by atomic mass is 79.9. The molecule has 2 rings (SSSR count). The van der Waals surface area contributed by atoms with E-state index in [1.165, 1.54) is 12.1 Å². The van der Waals surface area contributed by atoms with Crippen LogP contribution in [-0.4, -0.2) is 11.2 Å². The fourth-order valence-corrected chi connectivity index (χ4v) is 2.19. The van der Waals surface area contributed by atoms with E-state index in [1.54, 1.807) is 6.07 Å². The molecule has 3 heteroatoms. The van der Waals surface area contributed by atoms with Crippen LogP contribution < -0.4 is 0 Å². The number of aliphatic hydroxyl groups is 1. The summed E-state index contributed by atoms with van der Waals surface area (Å²) in [7, 11) is 0. The van der Waals surface area contributed by atoms with Crippen molar-refractivity contribution >= 4 is 15.9 Å². The Morgan fingerprint density at radius 2 is 2.20 bits per heavy atom. The van der Waals surface area contributed by atoms with E-state index in [1.807, 2.05) is 0 Å². The topological polar surface area (TPSA) is 20.2 Å². The number of rotatable bonds is 3. The third-order valence-corrected chi connectivity index (χ3v) is 4.01. The van der Waals surface area contributed by atoms with Gasteiger partial charge in [0.1, 0.15) is 5.82 Å². The SMILES string of the molecule is CC1(C(O)Cc2ccc(F)cc2Br)CC1. The quantitative estimate of drug-likeness (QED) is 0.896. The highest BCUT2D eigenvalue weighted by Gasteiger charge is 2.43. The summed E-state index contributed by atoms with van der Waals surface area (Å²) in [5.74, 6) is -0.252. The zero-order valence-corrected chi connectivity index (χ0v) is 10.2. The largest absolute Gasteiger partial charge is 0.392 e. The maximum atomic E-state index is 12.8. The second-order valence-corrected chi connectivity index (χ2v) is 5.46. The fraction of sp³-hybridized carbons (Fsp3) is 0.500. The normalized spacial score (nSPS) is 20.0. The van der Waals surface area contributed by atoms with E-state index in [4.69, 9.17) is 0 Å². The van der Waals surface area contributed by atoms with Crippen molar-refractivity contribution in [3.8, 4) is 0 Å². The zero-order chi connectivity index (χ0) is 11.1. The Labute approximate surface area is 97.4 Å². The maximum absolute atomic E-state index is 12.8. The van der Waals surface area contributed by atoms with Gasteiger partial charge in [-0.15, -0.1) is 0 Å². The van der Waals surface area contributed by atoms with Crippen molar-refractivity contribution in [1.82, 2.24) is 0 Å². The molecule has 1 fully saturated rings. The first-order valence-electron chi connectivity index (χ1n) is 5.13. The summed E-state index contributed by atoms with van der Waals surface area (Å²) in [6.07, 6.45) is 2.45. The molecule has 1 atom stereocenters. The Bertz CT molecular complexity index is 374. The van der Waals surface area contributed by atoms with Crippen LogP contribution in [0, 0.1) is 11.2 Å². The van der Waals surface area contributed by atoms with Gasteiger partial charge in [0.25, 0.3) is 0 Å². The zero-order valence-electron chi connectivity index (χ0n) is 8.63. The Balaban J connectivity index is 2.10. The average Bonchev–Trinajstić information content (AvgIpc) is 2.90. The molecule has 0 radical (unpaired) electrons. The lowest BCUT2D eigenvalue weighted by molar-refractivity contribution is 0.103. The van der Waals surface area contributed by atoms with E-state index < -0.39 is 0 Å². The molecule has 1 aromatic carbocycles. The molecule has 1 unspecified atom stereocenters. The summed E-state index contributed by atoms with van der Waals surface area (Å²) < 4.78 is 13.6. The minimum Gasteiger partial charge on any atom is -0.392 e. The standard InChI is InChI=1S/C12H14BrFO/c1-12(4-5-12)11(15)6-8-2-3-9(14)7-10(8)13/h2-3,7,11,15H,4-6H2,1H3. The molecule has 0 amide bonds. The predicted molar refractivity (Wildman–Crippen MR) is 61.2 cm³/mol. The van der Waals surface area contributed by atoms with Gasteiger partial charge >= 0.3 is 0 Å². The van der Waals surface area contributed by atoms with Gasteiger partial charge in [-0.25, -0.2) is 4.39 Å². The molecule has 1 saturated carbocycles. The molecule has 0 aliphatic heterocycles. The van der Waals surface area contributed by atoms with Crippen LogP contribution >= 0.6 is 15.9 Å². The summed E-state index contributed by atoms with van der Waals surface area (Å²) in [5.41, 5.74) is 1.06. The van der Waals surface area contributed by atoms with Gasteiger partial charge in [-0.1, -0.05) is 28.9 Å². The maximum Gasteiger partial charge on any atom is 0.124 e. The van der Waals surface area contributed by atoms with E-state index in [0.717, 1.165) is 22.9 Å². The Morgan fingerprint density at radius 3 is 2.73 bits per heavy atom. The fourth-order valence-electron chi connectivity index (χ4n) is 1.67. The van der Waals surface area contributed by atoms with E-state index in [0.29, 0.717) is 6.42 Å². The molecule has 0 spiro atoms. The van der Waals surface area contributed by atoms with Crippen molar-refractivity contribution in [1.29, 1.82) is 0 Å². The Morgan fingerprint density at radius 1 is 1.53 bits per heavy atom. The van der Waals surface area contributed by atoms with Gasteiger partial charge in [0.2, 0.25) is 0 Å². The van der Waals surface area contributed by atoms with Crippen LogP contribution in [0.2, 0.25) is 0 Å². The van der Waals surface area contributed by atoms with Crippen LogP contribution in [0.3, 0.4) is 0 Å². The Hall–Kier alpha value is -0.410. The molecule has 0 aromatic heterocycles. The van der Waals surface area contributed by atoms with Gasteiger partial charge in [-0.2, -0.15) is 0 Å². The van der Waals surface area contributed by atoms with Crippen LogP contribution in [0.1, 0.15) is 25.3 Å². The first kappa shape index (κ1) is 11.1. The summed E-state index contributed by atoms with van der Waals surface area (Å²) in [5, 5.41) is 9.98.